The molecule has 0 aliphatic carbocycles. The highest BCUT2D eigenvalue weighted by Crippen LogP contribution is 2.23. The maximum absolute atomic E-state index is 11.2. The highest BCUT2D eigenvalue weighted by molar-refractivity contribution is 14.1. The Morgan fingerprint density at radius 1 is 1.44 bits per heavy atom. The van der Waals surface area contributed by atoms with E-state index in [0.717, 1.165) is 45.7 Å². The number of rotatable bonds is 4. The summed E-state index contributed by atoms with van der Waals surface area (Å²) in [7, 11) is 0. The number of H-pyrrole nitrogens is 1. The van der Waals surface area contributed by atoms with Crippen LogP contribution >= 0.6 is 22.6 Å². The van der Waals surface area contributed by atoms with Crippen molar-refractivity contribution in [3.63, 3.8) is 0 Å². The number of hydrogen-bond acceptors (Lipinski definition) is 1. The number of fused-ring (bicyclic) bond motifs is 1. The molecule has 0 saturated heterocycles. The molecule has 0 aliphatic heterocycles. The first-order valence-corrected chi connectivity index (χ1v) is 6.91. The first-order chi connectivity index (χ1) is 7.76. The first-order valence-electron chi connectivity index (χ1n) is 5.38. The topological polar surface area (TPSA) is 32.9 Å². The van der Waals surface area contributed by atoms with Crippen molar-refractivity contribution in [3.05, 3.63) is 35.0 Å². The summed E-state index contributed by atoms with van der Waals surface area (Å²) in [6, 6.07) is 6.18. The van der Waals surface area contributed by atoms with E-state index in [1.807, 2.05) is 13.0 Å². The minimum Gasteiger partial charge on any atom is -0.358 e. The third-order valence-corrected chi connectivity index (χ3v) is 3.52. The standard InChI is InChI=1S/C13H14INO/c1-9-4-5-13-10(7-9)11(8-16)12(15-13)3-2-6-14/h4-5,7-8,15H,2-3,6H2,1H3. The highest BCUT2D eigenvalue weighted by Gasteiger charge is 2.10. The van der Waals surface area contributed by atoms with Gasteiger partial charge in [-0.1, -0.05) is 34.2 Å². The molecular weight excluding hydrogens is 313 g/mol. The van der Waals surface area contributed by atoms with Crippen molar-refractivity contribution in [1.29, 1.82) is 0 Å². The Morgan fingerprint density at radius 3 is 2.94 bits per heavy atom. The van der Waals surface area contributed by atoms with E-state index in [4.69, 9.17) is 0 Å². The molecule has 1 aromatic heterocycles. The summed E-state index contributed by atoms with van der Waals surface area (Å²) in [4.78, 5) is 14.5. The minimum atomic E-state index is 0.837. The van der Waals surface area contributed by atoms with Crippen LogP contribution in [-0.4, -0.2) is 15.7 Å². The van der Waals surface area contributed by atoms with E-state index in [1.54, 1.807) is 0 Å². The van der Waals surface area contributed by atoms with Crippen LogP contribution in [-0.2, 0) is 6.42 Å². The van der Waals surface area contributed by atoms with Crippen molar-refractivity contribution in [2.45, 2.75) is 19.8 Å². The number of carbonyl (C=O) groups excluding carboxylic acids is 1. The molecule has 0 unspecified atom stereocenters. The Labute approximate surface area is 109 Å². The summed E-state index contributed by atoms with van der Waals surface area (Å²) < 4.78 is 1.12. The summed E-state index contributed by atoms with van der Waals surface area (Å²) in [6.07, 6.45) is 3.03. The fourth-order valence-corrected chi connectivity index (χ4v) is 2.34. The van der Waals surface area contributed by atoms with Gasteiger partial charge in [-0.25, -0.2) is 0 Å². The number of benzene rings is 1. The van der Waals surface area contributed by atoms with Gasteiger partial charge in [0.25, 0.3) is 0 Å². The molecule has 84 valence electrons. The number of aryl methyl sites for hydroxylation is 2. The second-order valence-electron chi connectivity index (χ2n) is 3.98. The van der Waals surface area contributed by atoms with Crippen LogP contribution in [0.15, 0.2) is 18.2 Å². The Balaban J connectivity index is 2.53. The number of hydrogen-bond donors (Lipinski definition) is 1. The SMILES string of the molecule is Cc1ccc2[nH]c(CCCI)c(C=O)c2c1. The molecule has 16 heavy (non-hydrogen) atoms. The average Bonchev–Trinajstić information content (AvgIpc) is 2.63. The van der Waals surface area contributed by atoms with Crippen molar-refractivity contribution >= 4 is 39.8 Å². The maximum atomic E-state index is 11.2. The molecule has 0 radical (unpaired) electrons. The third kappa shape index (κ3) is 2.14. The lowest BCUT2D eigenvalue weighted by Crippen LogP contribution is -1.91. The van der Waals surface area contributed by atoms with E-state index in [0.29, 0.717) is 0 Å². The molecule has 0 bridgehead atoms. The lowest BCUT2D eigenvalue weighted by atomic mass is 10.1. The van der Waals surface area contributed by atoms with Crippen molar-refractivity contribution in [3.8, 4) is 0 Å². The Bertz CT molecular complexity index is 516. The van der Waals surface area contributed by atoms with Gasteiger partial charge in [0.2, 0.25) is 0 Å². The largest absolute Gasteiger partial charge is 0.358 e. The summed E-state index contributed by atoms with van der Waals surface area (Å²) in [5.41, 5.74) is 4.17. The third-order valence-electron chi connectivity index (χ3n) is 2.75. The lowest BCUT2D eigenvalue weighted by molar-refractivity contribution is 0.112. The molecule has 2 aromatic rings. The monoisotopic (exact) mass is 327 g/mol. The Hall–Kier alpha value is -0.840. The van der Waals surface area contributed by atoms with Gasteiger partial charge in [-0.3, -0.25) is 4.79 Å². The van der Waals surface area contributed by atoms with Crippen LogP contribution in [0.5, 0.6) is 0 Å². The molecule has 1 aromatic carbocycles. The quantitative estimate of drug-likeness (QED) is 0.519. The van der Waals surface area contributed by atoms with E-state index >= 15 is 0 Å². The van der Waals surface area contributed by atoms with Gasteiger partial charge < -0.3 is 4.98 Å². The number of carbonyl (C=O) groups is 1. The fraction of sp³-hybridized carbons (Fsp3) is 0.308. The van der Waals surface area contributed by atoms with Crippen LogP contribution in [0.1, 0.15) is 28.0 Å². The second kappa shape index (κ2) is 4.99. The Morgan fingerprint density at radius 2 is 2.25 bits per heavy atom. The summed E-state index contributed by atoms with van der Waals surface area (Å²) in [5.74, 6) is 0. The van der Waals surface area contributed by atoms with Crippen molar-refractivity contribution in [1.82, 2.24) is 4.98 Å². The van der Waals surface area contributed by atoms with Gasteiger partial charge in [-0.15, -0.1) is 0 Å². The van der Waals surface area contributed by atoms with Crippen LogP contribution in [0.3, 0.4) is 0 Å². The maximum Gasteiger partial charge on any atom is 0.152 e. The molecule has 0 atom stereocenters. The van der Waals surface area contributed by atoms with Gasteiger partial charge in [0.05, 0.1) is 0 Å². The molecule has 0 amide bonds. The zero-order valence-corrected chi connectivity index (χ0v) is 11.4. The van der Waals surface area contributed by atoms with E-state index in [1.165, 1.54) is 5.56 Å². The molecule has 1 N–H and O–H groups in total. The molecule has 2 rings (SSSR count). The number of aromatic amines is 1. The highest BCUT2D eigenvalue weighted by atomic mass is 127. The fourth-order valence-electron chi connectivity index (χ4n) is 1.96. The van der Waals surface area contributed by atoms with Gasteiger partial charge in [-0.05, 0) is 36.3 Å². The number of aldehydes is 1. The predicted octanol–water partition coefficient (Wildman–Crippen LogP) is 3.66. The van der Waals surface area contributed by atoms with Gasteiger partial charge in [0, 0.05) is 22.2 Å². The summed E-state index contributed by atoms with van der Waals surface area (Å²) >= 11 is 2.36. The molecule has 0 saturated carbocycles. The smallest absolute Gasteiger partial charge is 0.152 e. The molecular formula is C13H14INO. The first kappa shape index (κ1) is 11.6. The normalized spacial score (nSPS) is 10.9. The molecule has 2 nitrogen and oxygen atoms in total. The van der Waals surface area contributed by atoms with E-state index < -0.39 is 0 Å². The van der Waals surface area contributed by atoms with Crippen molar-refractivity contribution in [2.75, 3.05) is 4.43 Å². The van der Waals surface area contributed by atoms with Gasteiger partial charge in [-0.2, -0.15) is 0 Å². The predicted molar refractivity (Wildman–Crippen MR) is 75.6 cm³/mol. The van der Waals surface area contributed by atoms with Gasteiger partial charge >= 0.3 is 0 Å². The van der Waals surface area contributed by atoms with E-state index in [9.17, 15) is 4.79 Å². The molecule has 3 heteroatoms. The minimum absolute atomic E-state index is 0.837. The summed E-state index contributed by atoms with van der Waals surface area (Å²) in [5, 5.41) is 1.05. The number of alkyl halides is 1. The zero-order chi connectivity index (χ0) is 11.5. The number of nitrogens with one attached hydrogen (secondary N) is 1. The van der Waals surface area contributed by atoms with Crippen LogP contribution in [0.25, 0.3) is 10.9 Å². The molecule has 0 spiro atoms. The van der Waals surface area contributed by atoms with Gasteiger partial charge in [0.1, 0.15) is 0 Å². The van der Waals surface area contributed by atoms with Gasteiger partial charge in [0.15, 0.2) is 6.29 Å². The number of halogens is 1. The average molecular weight is 327 g/mol. The molecule has 1 heterocycles. The molecule has 0 fully saturated rings. The van der Waals surface area contributed by atoms with Crippen LogP contribution in [0.4, 0.5) is 0 Å². The van der Waals surface area contributed by atoms with Crippen LogP contribution < -0.4 is 0 Å². The Kier molecular flexibility index (Phi) is 3.63. The lowest BCUT2D eigenvalue weighted by Gasteiger charge is -1.96. The number of aromatic nitrogens is 1. The summed E-state index contributed by atoms with van der Waals surface area (Å²) in [6.45, 7) is 2.05. The van der Waals surface area contributed by atoms with E-state index in [2.05, 4.69) is 39.7 Å². The molecule has 0 aliphatic rings. The van der Waals surface area contributed by atoms with Crippen LogP contribution in [0.2, 0.25) is 0 Å². The second-order valence-corrected chi connectivity index (χ2v) is 5.06. The van der Waals surface area contributed by atoms with Crippen molar-refractivity contribution in [2.24, 2.45) is 0 Å². The van der Waals surface area contributed by atoms with Crippen molar-refractivity contribution < 1.29 is 4.79 Å². The van der Waals surface area contributed by atoms with E-state index in [-0.39, 0.29) is 0 Å². The zero-order valence-electron chi connectivity index (χ0n) is 9.22. The van der Waals surface area contributed by atoms with Crippen LogP contribution in [0, 0.1) is 6.92 Å².